The van der Waals surface area contributed by atoms with E-state index < -0.39 is 0 Å². The summed E-state index contributed by atoms with van der Waals surface area (Å²) in [5.41, 5.74) is 0.845. The van der Waals surface area contributed by atoms with E-state index in [1.807, 2.05) is 42.5 Å². The molecule has 4 rings (SSSR count). The second-order valence-corrected chi connectivity index (χ2v) is 6.56. The molecule has 6 heteroatoms. The Morgan fingerprint density at radius 2 is 2.04 bits per heavy atom. The molecule has 1 saturated carbocycles. The molecule has 0 atom stereocenters. The number of carbonyl (C=O) groups is 1. The van der Waals surface area contributed by atoms with Gasteiger partial charge in [0.25, 0.3) is 0 Å². The summed E-state index contributed by atoms with van der Waals surface area (Å²) in [6.07, 6.45) is 4.10. The molecule has 1 aliphatic carbocycles. The van der Waals surface area contributed by atoms with Crippen LogP contribution in [0.5, 0.6) is 0 Å². The zero-order chi connectivity index (χ0) is 15.6. The summed E-state index contributed by atoms with van der Waals surface area (Å²) in [4.78, 5) is 12.3. The first-order valence-electron chi connectivity index (χ1n) is 7.61. The highest BCUT2D eigenvalue weighted by Gasteiger charge is 2.26. The summed E-state index contributed by atoms with van der Waals surface area (Å²) in [7, 11) is 0. The average Bonchev–Trinajstić information content (AvgIpc) is 3.31. The molecule has 0 spiro atoms. The molecule has 2 aromatic carbocycles. The summed E-state index contributed by atoms with van der Waals surface area (Å²) < 4.78 is 2.07. The number of amides is 1. The molecule has 0 bridgehead atoms. The van der Waals surface area contributed by atoms with Crippen molar-refractivity contribution in [3.8, 4) is 0 Å². The van der Waals surface area contributed by atoms with Crippen molar-refractivity contribution in [2.45, 2.75) is 24.0 Å². The van der Waals surface area contributed by atoms with Crippen molar-refractivity contribution in [1.82, 2.24) is 14.8 Å². The van der Waals surface area contributed by atoms with Crippen molar-refractivity contribution < 1.29 is 4.79 Å². The lowest BCUT2D eigenvalue weighted by Gasteiger charge is -2.09. The SMILES string of the molecule is O=C(CSc1nncn1C1CC1)Nc1cccc2ccccc12. The van der Waals surface area contributed by atoms with Crippen LogP contribution in [0.4, 0.5) is 5.69 Å². The van der Waals surface area contributed by atoms with Gasteiger partial charge >= 0.3 is 0 Å². The van der Waals surface area contributed by atoms with Crippen LogP contribution in [0, 0.1) is 0 Å². The molecule has 1 N–H and O–H groups in total. The van der Waals surface area contributed by atoms with Gasteiger partial charge in [-0.15, -0.1) is 10.2 Å². The maximum absolute atomic E-state index is 12.3. The summed E-state index contributed by atoms with van der Waals surface area (Å²) >= 11 is 1.43. The standard InChI is InChI=1S/C17H16N4OS/c22-16(10-23-17-20-18-11-21(17)13-8-9-13)19-15-7-3-5-12-4-1-2-6-14(12)15/h1-7,11,13H,8-10H2,(H,19,22). The van der Waals surface area contributed by atoms with Crippen molar-refractivity contribution in [3.05, 3.63) is 48.8 Å². The molecule has 1 fully saturated rings. The third kappa shape index (κ3) is 3.07. The Balaban J connectivity index is 1.44. The quantitative estimate of drug-likeness (QED) is 0.730. The average molecular weight is 324 g/mol. The molecule has 5 nitrogen and oxygen atoms in total. The second-order valence-electron chi connectivity index (χ2n) is 5.62. The van der Waals surface area contributed by atoms with Crippen molar-refractivity contribution in [2.24, 2.45) is 0 Å². The zero-order valence-corrected chi connectivity index (χ0v) is 13.3. The normalized spacial score (nSPS) is 14.1. The van der Waals surface area contributed by atoms with Crippen LogP contribution >= 0.6 is 11.8 Å². The van der Waals surface area contributed by atoms with Gasteiger partial charge in [0, 0.05) is 17.1 Å². The second kappa shape index (κ2) is 6.04. The van der Waals surface area contributed by atoms with E-state index >= 15 is 0 Å². The number of anilines is 1. The zero-order valence-electron chi connectivity index (χ0n) is 12.5. The topological polar surface area (TPSA) is 59.8 Å². The molecule has 1 aromatic heterocycles. The molecule has 116 valence electrons. The summed E-state index contributed by atoms with van der Waals surface area (Å²) in [5, 5.41) is 14.0. The highest BCUT2D eigenvalue weighted by atomic mass is 32.2. The molecule has 1 aliphatic rings. The van der Waals surface area contributed by atoms with E-state index in [1.54, 1.807) is 6.33 Å². The van der Waals surface area contributed by atoms with Crippen LogP contribution in [0.1, 0.15) is 18.9 Å². The fourth-order valence-corrected chi connectivity index (χ4v) is 3.37. The van der Waals surface area contributed by atoms with E-state index in [2.05, 4.69) is 20.1 Å². The lowest BCUT2D eigenvalue weighted by Crippen LogP contribution is -2.14. The number of nitrogens with one attached hydrogen (secondary N) is 1. The smallest absolute Gasteiger partial charge is 0.234 e. The van der Waals surface area contributed by atoms with E-state index in [9.17, 15) is 4.79 Å². The van der Waals surface area contributed by atoms with Crippen LogP contribution in [-0.4, -0.2) is 26.4 Å². The predicted octanol–water partition coefficient (Wildman–Crippen LogP) is 3.50. The highest BCUT2D eigenvalue weighted by Crippen LogP contribution is 2.37. The number of hydrogen-bond acceptors (Lipinski definition) is 4. The number of aromatic nitrogens is 3. The van der Waals surface area contributed by atoms with Crippen LogP contribution in [0.2, 0.25) is 0 Å². The molecule has 0 saturated heterocycles. The summed E-state index contributed by atoms with van der Waals surface area (Å²) in [6.45, 7) is 0. The fourth-order valence-electron chi connectivity index (χ4n) is 2.59. The summed E-state index contributed by atoms with van der Waals surface area (Å²) in [6, 6.07) is 14.5. The number of nitrogens with zero attached hydrogens (tertiary/aromatic N) is 3. The Morgan fingerprint density at radius 1 is 1.22 bits per heavy atom. The van der Waals surface area contributed by atoms with Gasteiger partial charge in [-0.25, -0.2) is 0 Å². The third-order valence-corrected chi connectivity index (χ3v) is 4.83. The lowest BCUT2D eigenvalue weighted by molar-refractivity contribution is -0.113. The van der Waals surface area contributed by atoms with Crippen LogP contribution in [-0.2, 0) is 4.79 Å². The third-order valence-electron chi connectivity index (χ3n) is 3.88. The van der Waals surface area contributed by atoms with Gasteiger partial charge in [-0.2, -0.15) is 0 Å². The van der Waals surface area contributed by atoms with Crippen LogP contribution < -0.4 is 5.32 Å². The van der Waals surface area contributed by atoms with Gasteiger partial charge in [0.05, 0.1) is 5.75 Å². The van der Waals surface area contributed by atoms with Gasteiger partial charge in [-0.05, 0) is 24.3 Å². The summed E-state index contributed by atoms with van der Waals surface area (Å²) in [5.74, 6) is 0.297. The Morgan fingerprint density at radius 3 is 2.91 bits per heavy atom. The monoisotopic (exact) mass is 324 g/mol. The first-order chi connectivity index (χ1) is 11.3. The molecule has 0 unspecified atom stereocenters. The Hall–Kier alpha value is -2.34. The first kappa shape index (κ1) is 14.3. The molecular formula is C17H16N4OS. The van der Waals surface area contributed by atoms with Crippen LogP contribution in [0.15, 0.2) is 53.9 Å². The molecule has 1 heterocycles. The Labute approximate surface area is 138 Å². The molecule has 3 aromatic rings. The van der Waals surface area contributed by atoms with E-state index in [1.165, 1.54) is 24.6 Å². The minimum atomic E-state index is -0.0308. The predicted molar refractivity (Wildman–Crippen MR) is 91.6 cm³/mol. The lowest BCUT2D eigenvalue weighted by atomic mass is 10.1. The van der Waals surface area contributed by atoms with Crippen molar-refractivity contribution in [2.75, 3.05) is 11.1 Å². The van der Waals surface area contributed by atoms with E-state index in [0.29, 0.717) is 11.8 Å². The largest absolute Gasteiger partial charge is 0.325 e. The Kier molecular flexibility index (Phi) is 3.75. The van der Waals surface area contributed by atoms with Gasteiger partial charge in [0.1, 0.15) is 6.33 Å². The van der Waals surface area contributed by atoms with Gasteiger partial charge in [0.2, 0.25) is 5.91 Å². The number of hydrogen-bond donors (Lipinski definition) is 1. The first-order valence-corrected chi connectivity index (χ1v) is 8.60. The van der Waals surface area contributed by atoms with E-state index in [4.69, 9.17) is 0 Å². The van der Waals surface area contributed by atoms with Crippen molar-refractivity contribution in [3.63, 3.8) is 0 Å². The van der Waals surface area contributed by atoms with Gasteiger partial charge < -0.3 is 9.88 Å². The van der Waals surface area contributed by atoms with Gasteiger partial charge in [-0.3, -0.25) is 4.79 Å². The minimum Gasteiger partial charge on any atom is -0.325 e. The maximum atomic E-state index is 12.3. The van der Waals surface area contributed by atoms with E-state index in [0.717, 1.165) is 21.6 Å². The Bertz CT molecular complexity index is 851. The van der Waals surface area contributed by atoms with Crippen LogP contribution in [0.3, 0.4) is 0 Å². The molecule has 0 aliphatic heterocycles. The van der Waals surface area contributed by atoms with Gasteiger partial charge in [-0.1, -0.05) is 48.2 Å². The molecular weight excluding hydrogens is 308 g/mol. The number of thioether (sulfide) groups is 1. The van der Waals surface area contributed by atoms with Crippen LogP contribution in [0.25, 0.3) is 10.8 Å². The molecule has 1 amide bonds. The van der Waals surface area contributed by atoms with E-state index in [-0.39, 0.29) is 5.91 Å². The molecule has 23 heavy (non-hydrogen) atoms. The molecule has 0 radical (unpaired) electrons. The minimum absolute atomic E-state index is 0.0308. The van der Waals surface area contributed by atoms with Crippen molar-refractivity contribution in [1.29, 1.82) is 0 Å². The fraction of sp³-hybridized carbons (Fsp3) is 0.235. The highest BCUT2D eigenvalue weighted by molar-refractivity contribution is 7.99. The number of benzene rings is 2. The van der Waals surface area contributed by atoms with Crippen molar-refractivity contribution >= 4 is 34.1 Å². The number of carbonyl (C=O) groups excluding carboxylic acids is 1. The van der Waals surface area contributed by atoms with Gasteiger partial charge in [0.15, 0.2) is 5.16 Å². The number of fused-ring (bicyclic) bond motifs is 1. The maximum Gasteiger partial charge on any atom is 0.234 e. The number of rotatable bonds is 5.